The van der Waals surface area contributed by atoms with Crippen LogP contribution in [-0.2, 0) is 7.05 Å². The molecule has 3 nitrogen and oxygen atoms in total. The lowest BCUT2D eigenvalue weighted by atomic mass is 10.6. The molecular formula is C7H10F3N3S. The zero-order valence-electron chi connectivity index (χ0n) is 7.51. The molecule has 0 radical (unpaired) electrons. The highest BCUT2D eigenvalue weighted by Crippen LogP contribution is 2.29. The summed E-state index contributed by atoms with van der Waals surface area (Å²) in [7, 11) is 1.75. The van der Waals surface area contributed by atoms with Crippen LogP contribution < -0.4 is 5.32 Å². The maximum Gasteiger partial charge on any atom is 0.441 e. The molecule has 0 spiro atoms. The topological polar surface area (TPSA) is 29.9 Å². The number of thioether (sulfide) groups is 1. The molecule has 0 aliphatic heterocycles. The molecule has 1 heterocycles. The van der Waals surface area contributed by atoms with Crippen molar-refractivity contribution in [2.45, 2.75) is 5.51 Å². The van der Waals surface area contributed by atoms with Crippen LogP contribution in [0.15, 0.2) is 12.3 Å². The number of halogens is 3. The molecule has 1 aromatic rings. The molecule has 0 fully saturated rings. The van der Waals surface area contributed by atoms with Gasteiger partial charge in [-0.25, -0.2) is 0 Å². The smallest absolute Gasteiger partial charge is 0.368 e. The zero-order valence-corrected chi connectivity index (χ0v) is 8.32. The summed E-state index contributed by atoms with van der Waals surface area (Å²) in [5, 5.41) is 6.74. The van der Waals surface area contributed by atoms with E-state index in [2.05, 4.69) is 10.4 Å². The molecule has 14 heavy (non-hydrogen) atoms. The molecule has 7 heteroatoms. The van der Waals surface area contributed by atoms with Crippen LogP contribution in [0, 0.1) is 0 Å². The maximum atomic E-state index is 11.7. The minimum atomic E-state index is -4.15. The normalized spacial score (nSPS) is 11.7. The summed E-state index contributed by atoms with van der Waals surface area (Å²) >= 11 is -0.0375. The molecule has 0 aromatic carbocycles. The molecule has 1 rings (SSSR count). The van der Waals surface area contributed by atoms with Crippen molar-refractivity contribution >= 4 is 17.6 Å². The Hall–Kier alpha value is -0.850. The van der Waals surface area contributed by atoms with Gasteiger partial charge in [0.2, 0.25) is 0 Å². The molecule has 0 amide bonds. The summed E-state index contributed by atoms with van der Waals surface area (Å²) in [5.41, 5.74) is -4.15. The Bertz CT molecular complexity index is 284. The second-order valence-electron chi connectivity index (χ2n) is 2.60. The van der Waals surface area contributed by atoms with Crippen molar-refractivity contribution in [1.82, 2.24) is 9.78 Å². The number of nitrogens with one attached hydrogen (secondary N) is 1. The van der Waals surface area contributed by atoms with E-state index >= 15 is 0 Å². The van der Waals surface area contributed by atoms with Gasteiger partial charge in [0.1, 0.15) is 5.82 Å². The summed E-state index contributed by atoms with van der Waals surface area (Å²) in [5.74, 6) is 0.579. The number of hydrogen-bond acceptors (Lipinski definition) is 3. The van der Waals surface area contributed by atoms with Crippen LogP contribution in [0.25, 0.3) is 0 Å². The second-order valence-corrected chi connectivity index (χ2v) is 3.76. The minimum Gasteiger partial charge on any atom is -0.368 e. The van der Waals surface area contributed by atoms with E-state index < -0.39 is 5.51 Å². The first kappa shape index (κ1) is 11.2. The molecule has 0 unspecified atom stereocenters. The van der Waals surface area contributed by atoms with Gasteiger partial charge in [-0.1, -0.05) is 0 Å². The first-order valence-corrected chi connectivity index (χ1v) is 4.90. The Morgan fingerprint density at radius 2 is 2.29 bits per heavy atom. The van der Waals surface area contributed by atoms with Crippen LogP contribution in [0.2, 0.25) is 0 Å². The van der Waals surface area contributed by atoms with Gasteiger partial charge in [0.05, 0.1) is 0 Å². The van der Waals surface area contributed by atoms with Gasteiger partial charge in [0, 0.05) is 31.6 Å². The molecule has 0 saturated carbocycles. The van der Waals surface area contributed by atoms with Crippen LogP contribution in [0.1, 0.15) is 0 Å². The van der Waals surface area contributed by atoms with Gasteiger partial charge < -0.3 is 5.32 Å². The standard InChI is InChI=1S/C7H10F3N3S/c1-13-4-2-6(12-13)11-3-5-14-7(8,9)10/h2,4H,3,5H2,1H3,(H,11,12). The van der Waals surface area contributed by atoms with Crippen molar-refractivity contribution in [3.8, 4) is 0 Å². The number of nitrogens with zero attached hydrogens (tertiary/aromatic N) is 2. The maximum absolute atomic E-state index is 11.7. The Balaban J connectivity index is 2.16. The number of hydrogen-bond donors (Lipinski definition) is 1. The first-order valence-electron chi connectivity index (χ1n) is 3.91. The molecule has 0 atom stereocenters. The van der Waals surface area contributed by atoms with E-state index in [4.69, 9.17) is 0 Å². The Kier molecular flexibility index (Phi) is 3.68. The number of alkyl halides is 3. The van der Waals surface area contributed by atoms with Gasteiger partial charge >= 0.3 is 5.51 Å². The summed E-state index contributed by atoms with van der Waals surface area (Å²) in [4.78, 5) is 0. The average Bonchev–Trinajstić information content (AvgIpc) is 2.44. The highest BCUT2D eigenvalue weighted by atomic mass is 32.2. The fourth-order valence-corrected chi connectivity index (χ4v) is 1.29. The lowest BCUT2D eigenvalue weighted by molar-refractivity contribution is -0.0327. The quantitative estimate of drug-likeness (QED) is 0.796. The highest BCUT2D eigenvalue weighted by molar-refractivity contribution is 8.00. The van der Waals surface area contributed by atoms with Crippen LogP contribution in [0.4, 0.5) is 19.0 Å². The lowest BCUT2D eigenvalue weighted by Crippen LogP contribution is -2.09. The average molecular weight is 225 g/mol. The first-order chi connectivity index (χ1) is 6.47. The Morgan fingerprint density at radius 1 is 1.57 bits per heavy atom. The lowest BCUT2D eigenvalue weighted by Gasteiger charge is -2.05. The van der Waals surface area contributed by atoms with Crippen LogP contribution in [0.5, 0.6) is 0 Å². The molecule has 0 bridgehead atoms. The third-order valence-electron chi connectivity index (χ3n) is 1.39. The van der Waals surface area contributed by atoms with Gasteiger partial charge in [0.15, 0.2) is 0 Å². The predicted molar refractivity (Wildman–Crippen MR) is 50.2 cm³/mol. The molecule has 0 saturated heterocycles. The van der Waals surface area contributed by atoms with Crippen LogP contribution >= 0.6 is 11.8 Å². The van der Waals surface area contributed by atoms with Gasteiger partial charge in [-0.05, 0) is 11.8 Å². The van der Waals surface area contributed by atoms with Crippen molar-refractivity contribution in [3.05, 3.63) is 12.3 Å². The van der Waals surface area contributed by atoms with Crippen molar-refractivity contribution in [1.29, 1.82) is 0 Å². The van der Waals surface area contributed by atoms with E-state index in [0.717, 1.165) is 0 Å². The van der Waals surface area contributed by atoms with E-state index in [1.54, 1.807) is 24.0 Å². The van der Waals surface area contributed by atoms with Crippen molar-refractivity contribution in [3.63, 3.8) is 0 Å². The van der Waals surface area contributed by atoms with Crippen molar-refractivity contribution in [2.24, 2.45) is 7.05 Å². The second kappa shape index (κ2) is 4.59. The fourth-order valence-electron chi connectivity index (χ4n) is 0.855. The number of rotatable bonds is 4. The zero-order chi connectivity index (χ0) is 10.6. The predicted octanol–water partition coefficient (Wildman–Crippen LogP) is 2.08. The third kappa shape index (κ3) is 4.40. The SMILES string of the molecule is Cn1ccc(NCCSC(F)(F)F)n1. The summed E-state index contributed by atoms with van der Waals surface area (Å²) in [6, 6.07) is 1.71. The van der Waals surface area contributed by atoms with E-state index in [0.29, 0.717) is 5.82 Å². The largest absolute Gasteiger partial charge is 0.441 e. The molecule has 80 valence electrons. The van der Waals surface area contributed by atoms with E-state index in [9.17, 15) is 13.2 Å². The Labute approximate surface area is 83.7 Å². The molecular weight excluding hydrogens is 215 g/mol. The molecule has 0 aliphatic carbocycles. The van der Waals surface area contributed by atoms with Crippen molar-refractivity contribution < 1.29 is 13.2 Å². The van der Waals surface area contributed by atoms with Crippen LogP contribution in [0.3, 0.4) is 0 Å². The van der Waals surface area contributed by atoms with Gasteiger partial charge in [-0.2, -0.15) is 18.3 Å². The summed E-state index contributed by atoms with van der Waals surface area (Å²) in [6.45, 7) is 0.251. The Morgan fingerprint density at radius 3 is 2.79 bits per heavy atom. The fraction of sp³-hybridized carbons (Fsp3) is 0.571. The van der Waals surface area contributed by atoms with Crippen molar-refractivity contribution in [2.75, 3.05) is 17.6 Å². The van der Waals surface area contributed by atoms with Gasteiger partial charge in [0.25, 0.3) is 0 Å². The van der Waals surface area contributed by atoms with E-state index in [1.807, 2.05) is 0 Å². The monoisotopic (exact) mass is 225 g/mol. The summed E-state index contributed by atoms with van der Waals surface area (Å²) in [6.07, 6.45) is 1.72. The van der Waals surface area contributed by atoms with Crippen LogP contribution in [-0.4, -0.2) is 27.6 Å². The van der Waals surface area contributed by atoms with E-state index in [-0.39, 0.29) is 24.1 Å². The minimum absolute atomic E-state index is 0.0138. The third-order valence-corrected chi connectivity index (χ3v) is 2.12. The summed E-state index contributed by atoms with van der Waals surface area (Å²) < 4.78 is 36.7. The molecule has 0 aliphatic rings. The number of aromatic nitrogens is 2. The molecule has 1 N–H and O–H groups in total. The molecule has 1 aromatic heterocycles. The van der Waals surface area contributed by atoms with Gasteiger partial charge in [-0.3, -0.25) is 4.68 Å². The number of aryl methyl sites for hydroxylation is 1. The van der Waals surface area contributed by atoms with E-state index in [1.165, 1.54) is 0 Å². The van der Waals surface area contributed by atoms with Gasteiger partial charge in [-0.15, -0.1) is 0 Å². The number of anilines is 1. The highest BCUT2D eigenvalue weighted by Gasteiger charge is 2.27.